The van der Waals surface area contributed by atoms with Gasteiger partial charge in [0.1, 0.15) is 11.2 Å². The van der Waals surface area contributed by atoms with E-state index >= 15 is 0 Å². The number of carbonyl (C=O) groups excluding carboxylic acids is 1. The predicted molar refractivity (Wildman–Crippen MR) is 86.0 cm³/mol. The van der Waals surface area contributed by atoms with E-state index in [0.717, 1.165) is 31.3 Å². The van der Waals surface area contributed by atoms with E-state index in [4.69, 9.17) is 0 Å². The van der Waals surface area contributed by atoms with Gasteiger partial charge in [0, 0.05) is 31.2 Å². The van der Waals surface area contributed by atoms with Crippen molar-refractivity contribution in [2.24, 2.45) is 5.92 Å². The summed E-state index contributed by atoms with van der Waals surface area (Å²) in [6.07, 6.45) is 3.82. The number of piperidine rings is 1. The van der Waals surface area contributed by atoms with Gasteiger partial charge in [-0.15, -0.1) is 0 Å². The van der Waals surface area contributed by atoms with Gasteiger partial charge in [-0.2, -0.15) is 0 Å². The van der Waals surface area contributed by atoms with E-state index in [2.05, 4.69) is 11.9 Å². The smallest absolute Gasteiger partial charge is 0.265 e. The zero-order chi connectivity index (χ0) is 15.7. The summed E-state index contributed by atoms with van der Waals surface area (Å²) in [4.78, 5) is 31.5. The van der Waals surface area contributed by atoms with Gasteiger partial charge in [0.2, 0.25) is 0 Å². The van der Waals surface area contributed by atoms with Crippen molar-refractivity contribution in [3.63, 3.8) is 0 Å². The van der Waals surface area contributed by atoms with Crippen LogP contribution in [0.3, 0.4) is 0 Å². The molecule has 1 unspecified atom stereocenters. The molecule has 1 fully saturated rings. The summed E-state index contributed by atoms with van der Waals surface area (Å²) in [5.41, 5.74) is 0.659. The molecule has 2 aromatic rings. The molecule has 1 amide bonds. The van der Waals surface area contributed by atoms with Crippen molar-refractivity contribution in [2.75, 3.05) is 13.1 Å². The molecule has 22 heavy (non-hydrogen) atoms. The minimum Gasteiger partial charge on any atom is -0.338 e. The summed E-state index contributed by atoms with van der Waals surface area (Å²) in [7, 11) is 0. The lowest BCUT2D eigenvalue weighted by molar-refractivity contribution is 0.0681. The van der Waals surface area contributed by atoms with E-state index < -0.39 is 0 Å². The van der Waals surface area contributed by atoms with E-state index in [1.807, 2.05) is 24.0 Å². The van der Waals surface area contributed by atoms with Crippen LogP contribution >= 0.6 is 0 Å². The first-order chi connectivity index (χ1) is 10.6. The Morgan fingerprint density at radius 2 is 2.27 bits per heavy atom. The van der Waals surface area contributed by atoms with E-state index in [-0.39, 0.29) is 17.0 Å². The molecule has 0 spiro atoms. The summed E-state index contributed by atoms with van der Waals surface area (Å²) in [6, 6.07) is 5.41. The standard InChI is InChI=1S/C17H21N3O2/c1-3-20-15-13(7-4-8-18-15)10-14(17(20)22)16(21)19-9-5-6-12(2)11-19/h4,7-8,10,12H,3,5-6,9,11H2,1-2H3. The van der Waals surface area contributed by atoms with Gasteiger partial charge in [-0.05, 0) is 43.9 Å². The number of likely N-dealkylation sites (tertiary alicyclic amines) is 1. The van der Waals surface area contributed by atoms with Crippen LogP contribution in [0.15, 0.2) is 29.2 Å². The Morgan fingerprint density at radius 3 is 3.00 bits per heavy atom. The van der Waals surface area contributed by atoms with Crippen LogP contribution in [0.4, 0.5) is 0 Å². The fraction of sp³-hybridized carbons (Fsp3) is 0.471. The molecule has 1 aliphatic heterocycles. The Labute approximate surface area is 129 Å². The zero-order valence-electron chi connectivity index (χ0n) is 13.1. The number of hydrogen-bond donors (Lipinski definition) is 0. The van der Waals surface area contributed by atoms with Gasteiger partial charge < -0.3 is 4.90 Å². The molecule has 5 heteroatoms. The molecule has 0 N–H and O–H groups in total. The van der Waals surface area contributed by atoms with Crippen LogP contribution in [0.5, 0.6) is 0 Å². The molecule has 5 nitrogen and oxygen atoms in total. The van der Waals surface area contributed by atoms with Crippen LogP contribution in [0.2, 0.25) is 0 Å². The number of aromatic nitrogens is 2. The molecule has 0 saturated carbocycles. The number of nitrogens with zero attached hydrogens (tertiary/aromatic N) is 3. The lowest BCUT2D eigenvalue weighted by atomic mass is 9.99. The minimum atomic E-state index is -0.239. The Balaban J connectivity index is 2.08. The molecular formula is C17H21N3O2. The highest BCUT2D eigenvalue weighted by atomic mass is 16.2. The largest absolute Gasteiger partial charge is 0.338 e. The molecule has 116 valence electrons. The topological polar surface area (TPSA) is 55.2 Å². The molecule has 2 aromatic heterocycles. The van der Waals surface area contributed by atoms with Crippen LogP contribution in [0, 0.1) is 5.92 Å². The van der Waals surface area contributed by atoms with Crippen LogP contribution in [-0.2, 0) is 6.54 Å². The van der Waals surface area contributed by atoms with Crippen molar-refractivity contribution in [2.45, 2.75) is 33.2 Å². The molecule has 3 heterocycles. The minimum absolute atomic E-state index is 0.149. The third-order valence-electron chi connectivity index (χ3n) is 4.34. The van der Waals surface area contributed by atoms with Crippen molar-refractivity contribution in [1.29, 1.82) is 0 Å². The van der Waals surface area contributed by atoms with Crippen LogP contribution in [0.1, 0.15) is 37.0 Å². The highest BCUT2D eigenvalue weighted by Crippen LogP contribution is 2.18. The van der Waals surface area contributed by atoms with Gasteiger partial charge in [0.25, 0.3) is 11.5 Å². The Bertz CT molecular complexity index is 766. The van der Waals surface area contributed by atoms with Gasteiger partial charge in [-0.1, -0.05) is 6.92 Å². The summed E-state index contributed by atoms with van der Waals surface area (Å²) in [5.74, 6) is 0.345. The lowest BCUT2D eigenvalue weighted by Gasteiger charge is -2.31. The molecule has 1 atom stereocenters. The Kier molecular flexibility index (Phi) is 3.96. The molecule has 0 aliphatic carbocycles. The van der Waals surface area contributed by atoms with Crippen molar-refractivity contribution in [3.05, 3.63) is 40.3 Å². The normalized spacial score (nSPS) is 18.6. The first-order valence-corrected chi connectivity index (χ1v) is 7.89. The van der Waals surface area contributed by atoms with Crippen molar-refractivity contribution < 1.29 is 4.79 Å². The van der Waals surface area contributed by atoms with Crippen LogP contribution < -0.4 is 5.56 Å². The summed E-state index contributed by atoms with van der Waals surface area (Å²) < 4.78 is 1.58. The second-order valence-electron chi connectivity index (χ2n) is 6.02. The number of pyridine rings is 2. The highest BCUT2D eigenvalue weighted by molar-refractivity contribution is 5.97. The summed E-state index contributed by atoms with van der Waals surface area (Å²) >= 11 is 0. The van der Waals surface area contributed by atoms with Crippen LogP contribution in [-0.4, -0.2) is 33.4 Å². The second-order valence-corrected chi connectivity index (χ2v) is 6.02. The number of carbonyl (C=O) groups is 1. The first kappa shape index (κ1) is 14.8. The maximum atomic E-state index is 12.8. The third-order valence-corrected chi connectivity index (χ3v) is 4.34. The second kappa shape index (κ2) is 5.91. The lowest BCUT2D eigenvalue weighted by Crippen LogP contribution is -2.42. The van der Waals surface area contributed by atoms with Crippen LogP contribution in [0.25, 0.3) is 11.0 Å². The van der Waals surface area contributed by atoms with Gasteiger partial charge in [0.15, 0.2) is 0 Å². The number of hydrogen-bond acceptors (Lipinski definition) is 3. The third kappa shape index (κ3) is 2.51. The number of fused-ring (bicyclic) bond motifs is 1. The molecule has 3 rings (SSSR count). The molecular weight excluding hydrogens is 278 g/mol. The van der Waals surface area contributed by atoms with Gasteiger partial charge in [0.05, 0.1) is 0 Å². The fourth-order valence-electron chi connectivity index (χ4n) is 3.20. The first-order valence-electron chi connectivity index (χ1n) is 7.89. The molecule has 1 saturated heterocycles. The molecule has 1 aliphatic rings. The van der Waals surface area contributed by atoms with Crippen molar-refractivity contribution >= 4 is 16.9 Å². The maximum absolute atomic E-state index is 12.8. The SMILES string of the molecule is CCn1c(=O)c(C(=O)N2CCCC(C)C2)cc2cccnc21. The number of aryl methyl sites for hydroxylation is 1. The average Bonchev–Trinajstić information content (AvgIpc) is 2.53. The quantitative estimate of drug-likeness (QED) is 0.855. The van der Waals surface area contributed by atoms with E-state index in [1.165, 1.54) is 0 Å². The average molecular weight is 299 g/mol. The van der Waals surface area contributed by atoms with Crippen molar-refractivity contribution in [1.82, 2.24) is 14.5 Å². The fourth-order valence-corrected chi connectivity index (χ4v) is 3.20. The molecule has 0 bridgehead atoms. The molecule has 0 radical (unpaired) electrons. The van der Waals surface area contributed by atoms with E-state index in [0.29, 0.717) is 18.1 Å². The van der Waals surface area contributed by atoms with Gasteiger partial charge >= 0.3 is 0 Å². The number of amides is 1. The Morgan fingerprint density at radius 1 is 1.45 bits per heavy atom. The van der Waals surface area contributed by atoms with E-state index in [1.54, 1.807) is 16.8 Å². The van der Waals surface area contributed by atoms with Crippen molar-refractivity contribution in [3.8, 4) is 0 Å². The number of rotatable bonds is 2. The molecule has 0 aromatic carbocycles. The maximum Gasteiger partial charge on any atom is 0.265 e. The zero-order valence-corrected chi connectivity index (χ0v) is 13.1. The summed E-state index contributed by atoms with van der Waals surface area (Å²) in [5, 5.41) is 0.831. The predicted octanol–water partition coefficient (Wildman–Crippen LogP) is 2.29. The van der Waals surface area contributed by atoms with Gasteiger partial charge in [-0.25, -0.2) is 4.98 Å². The monoisotopic (exact) mass is 299 g/mol. The summed E-state index contributed by atoms with van der Waals surface area (Å²) in [6.45, 7) is 6.01. The Hall–Kier alpha value is -2.17. The highest BCUT2D eigenvalue weighted by Gasteiger charge is 2.25. The van der Waals surface area contributed by atoms with Gasteiger partial charge in [-0.3, -0.25) is 14.2 Å². The van der Waals surface area contributed by atoms with E-state index in [9.17, 15) is 9.59 Å².